The third-order valence-electron chi connectivity index (χ3n) is 2.82. The van der Waals surface area contributed by atoms with Gasteiger partial charge in [0.25, 0.3) is 0 Å². The average molecular weight is 310 g/mol. The highest BCUT2D eigenvalue weighted by atomic mass is 79.9. The van der Waals surface area contributed by atoms with Crippen LogP contribution in [-0.4, -0.2) is 26.3 Å². The van der Waals surface area contributed by atoms with Gasteiger partial charge in [0.1, 0.15) is 5.82 Å². The van der Waals surface area contributed by atoms with Gasteiger partial charge >= 0.3 is 0 Å². The third-order valence-corrected chi connectivity index (χ3v) is 3.40. The van der Waals surface area contributed by atoms with Crippen LogP contribution in [-0.2, 0) is 7.05 Å². The Morgan fingerprint density at radius 3 is 2.67 bits per heavy atom. The van der Waals surface area contributed by atoms with E-state index in [0.717, 1.165) is 33.8 Å². The van der Waals surface area contributed by atoms with Crippen LogP contribution in [0, 0.1) is 13.8 Å². The summed E-state index contributed by atoms with van der Waals surface area (Å²) >= 11 is 3.44. The molecule has 0 spiro atoms. The fraction of sp³-hybridized carbons (Fsp3) is 0.417. The summed E-state index contributed by atoms with van der Waals surface area (Å²) in [5.74, 6) is 1.52. The Labute approximate surface area is 115 Å². The summed E-state index contributed by atoms with van der Waals surface area (Å²) in [6.07, 6.45) is 1.77. The lowest BCUT2D eigenvalue weighted by Crippen LogP contribution is -2.03. The molecule has 0 aliphatic carbocycles. The van der Waals surface area contributed by atoms with E-state index >= 15 is 0 Å². The van der Waals surface area contributed by atoms with Crippen LogP contribution in [0.2, 0.25) is 0 Å². The van der Waals surface area contributed by atoms with Crippen LogP contribution in [0.4, 0.5) is 5.82 Å². The maximum atomic E-state index is 4.54. The average Bonchev–Trinajstić information content (AvgIpc) is 2.57. The molecule has 0 unspecified atom stereocenters. The van der Waals surface area contributed by atoms with Gasteiger partial charge in [-0.15, -0.1) is 0 Å². The number of hydrogen-bond acceptors (Lipinski definition) is 4. The van der Waals surface area contributed by atoms with Crippen molar-refractivity contribution in [1.29, 1.82) is 0 Å². The lowest BCUT2D eigenvalue weighted by atomic mass is 10.2. The monoisotopic (exact) mass is 309 g/mol. The molecule has 0 aliphatic heterocycles. The van der Waals surface area contributed by atoms with Crippen molar-refractivity contribution in [3.63, 3.8) is 0 Å². The fourth-order valence-electron chi connectivity index (χ4n) is 1.88. The Bertz CT molecular complexity index is 576. The zero-order chi connectivity index (χ0) is 13.3. The van der Waals surface area contributed by atoms with Crippen molar-refractivity contribution >= 4 is 21.7 Å². The molecule has 2 rings (SSSR count). The van der Waals surface area contributed by atoms with Crippen molar-refractivity contribution < 1.29 is 0 Å². The number of hydrogen-bond donors (Lipinski definition) is 1. The highest BCUT2D eigenvalue weighted by Crippen LogP contribution is 2.27. The van der Waals surface area contributed by atoms with Crippen LogP contribution in [0.25, 0.3) is 11.4 Å². The maximum absolute atomic E-state index is 4.54. The van der Waals surface area contributed by atoms with E-state index in [1.165, 1.54) is 0 Å². The molecule has 0 atom stereocenters. The summed E-state index contributed by atoms with van der Waals surface area (Å²) in [6, 6.07) is 0. The predicted molar refractivity (Wildman–Crippen MR) is 75.6 cm³/mol. The molecule has 0 aliphatic rings. The molecule has 0 radical (unpaired) electrons. The van der Waals surface area contributed by atoms with Crippen molar-refractivity contribution in [1.82, 2.24) is 19.7 Å². The molecule has 0 aromatic carbocycles. The second kappa shape index (κ2) is 5.06. The van der Waals surface area contributed by atoms with Gasteiger partial charge in [-0.2, -0.15) is 5.10 Å². The van der Waals surface area contributed by atoms with E-state index in [-0.39, 0.29) is 0 Å². The van der Waals surface area contributed by atoms with Crippen LogP contribution < -0.4 is 5.32 Å². The van der Waals surface area contributed by atoms with E-state index in [9.17, 15) is 0 Å². The zero-order valence-corrected chi connectivity index (χ0v) is 12.5. The molecule has 96 valence electrons. The zero-order valence-electron chi connectivity index (χ0n) is 11.0. The Morgan fingerprint density at radius 1 is 1.39 bits per heavy atom. The molecule has 0 saturated heterocycles. The van der Waals surface area contributed by atoms with Gasteiger partial charge in [-0.25, -0.2) is 9.97 Å². The Kier molecular flexibility index (Phi) is 3.65. The maximum Gasteiger partial charge on any atom is 0.165 e. The van der Waals surface area contributed by atoms with Crippen molar-refractivity contribution in [3.05, 3.63) is 22.1 Å². The number of aromatic nitrogens is 4. The first-order valence-electron chi connectivity index (χ1n) is 5.81. The van der Waals surface area contributed by atoms with E-state index in [0.29, 0.717) is 5.82 Å². The molecule has 6 heteroatoms. The van der Waals surface area contributed by atoms with Gasteiger partial charge in [-0.1, -0.05) is 0 Å². The first-order valence-corrected chi connectivity index (χ1v) is 6.60. The molecule has 0 bridgehead atoms. The lowest BCUT2D eigenvalue weighted by molar-refractivity contribution is 0.731. The minimum absolute atomic E-state index is 0.706. The van der Waals surface area contributed by atoms with Crippen LogP contribution in [0.3, 0.4) is 0 Å². The number of aryl methyl sites for hydroxylation is 2. The normalized spacial score (nSPS) is 10.7. The first kappa shape index (κ1) is 13.0. The number of halogens is 1. The summed E-state index contributed by atoms with van der Waals surface area (Å²) in [5.41, 5.74) is 3.01. The summed E-state index contributed by atoms with van der Waals surface area (Å²) in [6.45, 7) is 6.85. The van der Waals surface area contributed by atoms with Gasteiger partial charge in [-0.3, -0.25) is 4.68 Å². The lowest BCUT2D eigenvalue weighted by Gasteiger charge is -2.07. The van der Waals surface area contributed by atoms with Gasteiger partial charge in [-0.05, 0) is 36.7 Å². The second-order valence-corrected chi connectivity index (χ2v) is 4.94. The smallest absolute Gasteiger partial charge is 0.165 e. The van der Waals surface area contributed by atoms with Gasteiger partial charge in [0, 0.05) is 25.5 Å². The fourth-order valence-corrected chi connectivity index (χ4v) is 2.21. The first-order chi connectivity index (χ1) is 8.54. The van der Waals surface area contributed by atoms with Gasteiger partial charge in [0.15, 0.2) is 5.82 Å². The summed E-state index contributed by atoms with van der Waals surface area (Å²) in [5, 5.41) is 7.60. The minimum Gasteiger partial charge on any atom is -0.369 e. The van der Waals surface area contributed by atoms with Crippen molar-refractivity contribution in [3.8, 4) is 11.4 Å². The standard InChI is InChI=1S/C12H16BrN5/c1-5-14-11-9(13)6-15-12(16-11)10-7(2)17-18(4)8(10)3/h6H,5H2,1-4H3,(H,14,15,16). The highest BCUT2D eigenvalue weighted by molar-refractivity contribution is 9.10. The molecule has 5 nitrogen and oxygen atoms in total. The number of rotatable bonds is 3. The molecule has 0 saturated carbocycles. The van der Waals surface area contributed by atoms with Crippen molar-refractivity contribution in [2.24, 2.45) is 7.05 Å². The van der Waals surface area contributed by atoms with Crippen LogP contribution >= 0.6 is 15.9 Å². The van der Waals surface area contributed by atoms with Gasteiger partial charge in [0.05, 0.1) is 15.7 Å². The molecule has 2 heterocycles. The topological polar surface area (TPSA) is 55.6 Å². The summed E-state index contributed by atoms with van der Waals surface area (Å²) in [4.78, 5) is 8.92. The number of anilines is 1. The summed E-state index contributed by atoms with van der Waals surface area (Å²) in [7, 11) is 1.93. The van der Waals surface area contributed by atoms with E-state index in [4.69, 9.17) is 0 Å². The quantitative estimate of drug-likeness (QED) is 0.947. The van der Waals surface area contributed by atoms with Crippen LogP contribution in [0.5, 0.6) is 0 Å². The highest BCUT2D eigenvalue weighted by Gasteiger charge is 2.15. The number of nitrogens with zero attached hydrogens (tertiary/aromatic N) is 4. The molecule has 2 aromatic rings. The second-order valence-electron chi connectivity index (χ2n) is 4.09. The van der Waals surface area contributed by atoms with E-state index in [1.54, 1.807) is 6.20 Å². The van der Waals surface area contributed by atoms with Gasteiger partial charge < -0.3 is 5.32 Å². The predicted octanol–water partition coefficient (Wildman–Crippen LogP) is 2.69. The SMILES string of the molecule is CCNc1nc(-c2c(C)nn(C)c2C)ncc1Br. The van der Waals surface area contributed by atoms with E-state index in [1.807, 2.05) is 32.5 Å². The third kappa shape index (κ3) is 2.25. The van der Waals surface area contributed by atoms with Gasteiger partial charge in [0.2, 0.25) is 0 Å². The molecular weight excluding hydrogens is 294 g/mol. The van der Waals surface area contributed by atoms with E-state index in [2.05, 4.69) is 36.3 Å². The van der Waals surface area contributed by atoms with Crippen molar-refractivity contribution in [2.45, 2.75) is 20.8 Å². The molecule has 0 amide bonds. The summed E-state index contributed by atoms with van der Waals surface area (Å²) < 4.78 is 2.72. The Hall–Kier alpha value is -1.43. The minimum atomic E-state index is 0.706. The van der Waals surface area contributed by atoms with Crippen molar-refractivity contribution in [2.75, 3.05) is 11.9 Å². The molecule has 0 fully saturated rings. The largest absolute Gasteiger partial charge is 0.369 e. The number of nitrogens with one attached hydrogen (secondary N) is 1. The Morgan fingerprint density at radius 2 is 2.11 bits per heavy atom. The van der Waals surface area contributed by atoms with E-state index < -0.39 is 0 Å². The molecule has 1 N–H and O–H groups in total. The molecular formula is C12H16BrN5. The molecule has 2 aromatic heterocycles. The van der Waals surface area contributed by atoms with Crippen LogP contribution in [0.1, 0.15) is 18.3 Å². The van der Waals surface area contributed by atoms with Crippen LogP contribution in [0.15, 0.2) is 10.7 Å². The Balaban J connectivity index is 2.54. The molecule has 18 heavy (non-hydrogen) atoms.